The molecule has 0 unspecified atom stereocenters. The van der Waals surface area contributed by atoms with Crippen LogP contribution >= 0.6 is 0 Å². The molecule has 1 amide bonds. The standard InChI is InChI=1S/C27H25N7O4/c1-27(15-37-16-27)13-18(14-28)25(35)30-11-12-33-24-22(23(29)31-17-32-24)34(26(33)36)19-7-9-21(10-8-19)38-20-5-3-2-4-6-20/h2-10,13,17H,11-12,15-16H2,1H3,(H,30,35)(H2,29,31,32)/b18-13-. The molecule has 5 rings (SSSR count). The van der Waals surface area contributed by atoms with Crippen LogP contribution in [0.3, 0.4) is 0 Å². The van der Waals surface area contributed by atoms with Crippen molar-refractivity contribution in [3.63, 3.8) is 0 Å². The molecule has 192 valence electrons. The minimum absolute atomic E-state index is 0.00922. The number of nitrogens with one attached hydrogen (secondary N) is 1. The van der Waals surface area contributed by atoms with E-state index in [0.717, 1.165) is 0 Å². The zero-order valence-electron chi connectivity index (χ0n) is 20.6. The molecule has 4 aromatic rings. The molecule has 38 heavy (non-hydrogen) atoms. The Morgan fingerprint density at radius 1 is 1.18 bits per heavy atom. The van der Waals surface area contributed by atoms with Crippen molar-refractivity contribution in [1.82, 2.24) is 24.4 Å². The van der Waals surface area contributed by atoms with Crippen molar-refractivity contribution in [2.45, 2.75) is 13.5 Å². The topological polar surface area (TPSA) is 150 Å². The maximum Gasteiger partial charge on any atom is 0.335 e. The van der Waals surface area contributed by atoms with Crippen molar-refractivity contribution in [3.8, 4) is 23.3 Å². The first kappa shape index (κ1) is 24.7. The summed E-state index contributed by atoms with van der Waals surface area (Å²) in [6.07, 6.45) is 2.91. The smallest absolute Gasteiger partial charge is 0.335 e. The van der Waals surface area contributed by atoms with E-state index in [2.05, 4.69) is 15.3 Å². The lowest BCUT2D eigenvalue weighted by atomic mass is 9.86. The van der Waals surface area contributed by atoms with Crippen LogP contribution in [0.2, 0.25) is 0 Å². The van der Waals surface area contributed by atoms with Gasteiger partial charge in [0.15, 0.2) is 11.5 Å². The summed E-state index contributed by atoms with van der Waals surface area (Å²) in [6.45, 7) is 3.04. The SMILES string of the molecule is CC1(/C=C(/C#N)C(=O)NCCn2c(=O)n(-c3ccc(Oc4ccccc4)cc3)c3c(N)ncnc32)COC1. The van der Waals surface area contributed by atoms with Gasteiger partial charge in [0.2, 0.25) is 0 Å². The second-order valence-electron chi connectivity index (χ2n) is 9.18. The lowest BCUT2D eigenvalue weighted by Gasteiger charge is -2.35. The number of benzene rings is 2. The van der Waals surface area contributed by atoms with E-state index in [4.69, 9.17) is 15.2 Å². The summed E-state index contributed by atoms with van der Waals surface area (Å²) in [5, 5.41) is 12.1. The van der Waals surface area contributed by atoms with Gasteiger partial charge in [-0.3, -0.25) is 13.9 Å². The van der Waals surface area contributed by atoms with E-state index >= 15 is 0 Å². The molecule has 0 atom stereocenters. The number of ether oxygens (including phenoxy) is 2. The number of amides is 1. The van der Waals surface area contributed by atoms with Gasteiger partial charge >= 0.3 is 5.69 Å². The lowest BCUT2D eigenvalue weighted by Crippen LogP contribution is -2.39. The fraction of sp³-hybridized carbons (Fsp3) is 0.222. The Balaban J connectivity index is 1.38. The molecule has 11 heteroatoms. The Bertz CT molecular complexity index is 1610. The fourth-order valence-electron chi connectivity index (χ4n) is 4.21. The molecule has 0 bridgehead atoms. The molecule has 3 N–H and O–H groups in total. The van der Waals surface area contributed by atoms with Crippen LogP contribution in [0, 0.1) is 16.7 Å². The number of imidazole rings is 1. The van der Waals surface area contributed by atoms with Crippen molar-refractivity contribution in [3.05, 3.63) is 83.1 Å². The highest BCUT2D eigenvalue weighted by atomic mass is 16.5. The van der Waals surface area contributed by atoms with Gasteiger partial charge in [-0.25, -0.2) is 14.8 Å². The molecular weight excluding hydrogens is 486 g/mol. The maximum absolute atomic E-state index is 13.5. The third kappa shape index (κ3) is 4.85. The van der Waals surface area contributed by atoms with Crippen molar-refractivity contribution < 1.29 is 14.3 Å². The van der Waals surface area contributed by atoms with Crippen LogP contribution in [-0.2, 0) is 16.1 Å². The Hall–Kier alpha value is -4.95. The van der Waals surface area contributed by atoms with E-state index in [0.29, 0.717) is 41.6 Å². The van der Waals surface area contributed by atoms with Gasteiger partial charge < -0.3 is 20.5 Å². The first-order valence-electron chi connectivity index (χ1n) is 11.9. The van der Waals surface area contributed by atoms with Crippen LogP contribution in [0.15, 0.2) is 77.4 Å². The van der Waals surface area contributed by atoms with Crippen LogP contribution in [0.25, 0.3) is 16.9 Å². The highest BCUT2D eigenvalue weighted by Crippen LogP contribution is 2.29. The Morgan fingerprint density at radius 3 is 2.55 bits per heavy atom. The molecule has 0 saturated carbocycles. The molecule has 0 radical (unpaired) electrons. The number of rotatable bonds is 8. The van der Waals surface area contributed by atoms with E-state index in [9.17, 15) is 14.9 Å². The number of nitrogens with zero attached hydrogens (tertiary/aromatic N) is 5. The number of hydrogen-bond acceptors (Lipinski definition) is 8. The zero-order chi connectivity index (χ0) is 26.7. The molecule has 2 aromatic carbocycles. The largest absolute Gasteiger partial charge is 0.457 e. The van der Waals surface area contributed by atoms with Gasteiger partial charge in [0.05, 0.1) is 18.9 Å². The first-order chi connectivity index (χ1) is 18.4. The molecule has 1 aliphatic heterocycles. The summed E-state index contributed by atoms with van der Waals surface area (Å²) in [4.78, 5) is 34.4. The van der Waals surface area contributed by atoms with Gasteiger partial charge in [0.25, 0.3) is 5.91 Å². The van der Waals surface area contributed by atoms with Crippen molar-refractivity contribution in [1.29, 1.82) is 5.26 Å². The highest BCUT2D eigenvalue weighted by Gasteiger charge is 2.32. The second-order valence-corrected chi connectivity index (χ2v) is 9.18. The fourth-order valence-corrected chi connectivity index (χ4v) is 4.21. The minimum atomic E-state index is -0.513. The Morgan fingerprint density at radius 2 is 1.89 bits per heavy atom. The maximum atomic E-state index is 13.5. The number of aromatic nitrogens is 4. The van der Waals surface area contributed by atoms with Crippen LogP contribution < -0.4 is 21.5 Å². The summed E-state index contributed by atoms with van der Waals surface area (Å²) in [5.74, 6) is 0.927. The third-order valence-corrected chi connectivity index (χ3v) is 6.15. The molecule has 1 saturated heterocycles. The molecule has 0 spiro atoms. The van der Waals surface area contributed by atoms with Crippen molar-refractivity contribution in [2.24, 2.45) is 5.41 Å². The zero-order valence-corrected chi connectivity index (χ0v) is 20.6. The number of carbonyl (C=O) groups excluding carboxylic acids is 1. The Labute approximate surface area is 217 Å². The van der Waals surface area contributed by atoms with E-state index < -0.39 is 11.6 Å². The molecule has 11 nitrogen and oxygen atoms in total. The predicted molar refractivity (Wildman–Crippen MR) is 140 cm³/mol. The van der Waals surface area contributed by atoms with E-state index in [1.807, 2.05) is 43.3 Å². The summed E-state index contributed by atoms with van der Waals surface area (Å²) in [6, 6.07) is 18.3. The van der Waals surface area contributed by atoms with Crippen molar-refractivity contribution in [2.75, 3.05) is 25.5 Å². The monoisotopic (exact) mass is 511 g/mol. The van der Waals surface area contributed by atoms with Crippen molar-refractivity contribution >= 4 is 22.9 Å². The van der Waals surface area contributed by atoms with Crippen LogP contribution in [0.5, 0.6) is 11.5 Å². The lowest BCUT2D eigenvalue weighted by molar-refractivity contribution is -0.117. The van der Waals surface area contributed by atoms with Gasteiger partial charge in [-0.15, -0.1) is 0 Å². The normalized spacial score (nSPS) is 14.5. The van der Waals surface area contributed by atoms with Gasteiger partial charge in [-0.05, 0) is 36.4 Å². The molecule has 2 aromatic heterocycles. The van der Waals surface area contributed by atoms with E-state index in [-0.39, 0.29) is 29.9 Å². The number of para-hydroxylation sites is 1. The van der Waals surface area contributed by atoms with Gasteiger partial charge in [0.1, 0.15) is 35.0 Å². The number of hydrogen-bond donors (Lipinski definition) is 2. The van der Waals surface area contributed by atoms with Crippen LogP contribution in [0.1, 0.15) is 6.92 Å². The molecule has 1 fully saturated rings. The average molecular weight is 512 g/mol. The molecular formula is C27H25N7O4. The first-order valence-corrected chi connectivity index (χ1v) is 11.9. The Kier molecular flexibility index (Phi) is 6.64. The van der Waals surface area contributed by atoms with E-state index in [1.165, 1.54) is 15.5 Å². The second kappa shape index (κ2) is 10.2. The van der Waals surface area contributed by atoms with E-state index in [1.54, 1.807) is 30.3 Å². The molecule has 3 heterocycles. The summed E-state index contributed by atoms with van der Waals surface area (Å²) < 4.78 is 13.9. The van der Waals surface area contributed by atoms with Crippen LogP contribution in [0.4, 0.5) is 5.82 Å². The van der Waals surface area contributed by atoms with Gasteiger partial charge in [0, 0.05) is 18.5 Å². The van der Waals surface area contributed by atoms with Crippen LogP contribution in [-0.4, -0.2) is 44.8 Å². The highest BCUT2D eigenvalue weighted by molar-refractivity contribution is 5.97. The summed E-state index contributed by atoms with van der Waals surface area (Å²) in [7, 11) is 0. The third-order valence-electron chi connectivity index (χ3n) is 6.15. The summed E-state index contributed by atoms with van der Waals surface area (Å²) in [5.41, 5.74) is 6.67. The number of nitriles is 1. The summed E-state index contributed by atoms with van der Waals surface area (Å²) >= 11 is 0. The molecule has 1 aliphatic rings. The number of fused-ring (bicyclic) bond motifs is 1. The molecule has 0 aliphatic carbocycles. The van der Waals surface area contributed by atoms with Gasteiger partial charge in [-0.2, -0.15) is 5.26 Å². The quantitative estimate of drug-likeness (QED) is 0.271. The predicted octanol–water partition coefficient (Wildman–Crippen LogP) is 2.56. The number of nitrogen functional groups attached to an aromatic ring is 1. The van der Waals surface area contributed by atoms with Gasteiger partial charge in [-0.1, -0.05) is 31.2 Å². The minimum Gasteiger partial charge on any atom is -0.457 e. The number of nitrogens with two attached hydrogens (primary N) is 1. The number of anilines is 1. The number of carbonyl (C=O) groups is 1. The average Bonchev–Trinajstić information content (AvgIpc) is 3.19.